The van der Waals surface area contributed by atoms with Crippen LogP contribution in [0.15, 0.2) is 52.4 Å². The van der Waals surface area contributed by atoms with Gasteiger partial charge in [-0.3, -0.25) is 9.59 Å². The highest BCUT2D eigenvalue weighted by atomic mass is 32.2. The predicted octanol–water partition coefficient (Wildman–Crippen LogP) is 4.43. The lowest BCUT2D eigenvalue weighted by atomic mass is 10.2. The Morgan fingerprint density at radius 3 is 2.71 bits per heavy atom. The fraction of sp³-hybridized carbons (Fsp3) is 0.286. The van der Waals surface area contributed by atoms with E-state index in [2.05, 4.69) is 18.8 Å². The van der Waals surface area contributed by atoms with Crippen molar-refractivity contribution in [1.29, 1.82) is 0 Å². The van der Waals surface area contributed by atoms with Crippen LogP contribution in [0, 0.1) is 6.92 Å². The third-order valence-electron chi connectivity index (χ3n) is 4.00. The van der Waals surface area contributed by atoms with Crippen LogP contribution in [0.3, 0.4) is 0 Å². The minimum absolute atomic E-state index is 0.00884. The van der Waals surface area contributed by atoms with E-state index in [-0.39, 0.29) is 18.4 Å². The Balaban J connectivity index is 2.06. The lowest BCUT2D eigenvalue weighted by molar-refractivity contribution is -0.141. The largest absolute Gasteiger partial charge is 0.468 e. The van der Waals surface area contributed by atoms with Gasteiger partial charge in [0.2, 0.25) is 0 Å². The molecule has 3 aromatic rings. The molecule has 0 aliphatic carbocycles. The number of ether oxygens (including phenoxy) is 1. The molecule has 5 nitrogen and oxygen atoms in total. The molecule has 0 saturated heterocycles. The molecule has 0 N–H and O–H groups in total. The van der Waals surface area contributed by atoms with Crippen LogP contribution >= 0.6 is 23.1 Å². The molecule has 1 aromatic heterocycles. The highest BCUT2D eigenvalue weighted by molar-refractivity contribution is 7.99. The summed E-state index contributed by atoms with van der Waals surface area (Å²) in [5.41, 5.74) is 2.50. The highest BCUT2D eigenvalue weighted by Crippen LogP contribution is 2.24. The number of aryl methyl sites for hydroxylation is 1. The van der Waals surface area contributed by atoms with Gasteiger partial charge in [0.05, 0.1) is 17.3 Å². The zero-order valence-corrected chi connectivity index (χ0v) is 17.9. The molecule has 146 valence electrons. The van der Waals surface area contributed by atoms with Crippen molar-refractivity contribution in [2.45, 2.75) is 37.5 Å². The number of nitrogens with zero attached hydrogens (tertiary/aromatic N) is 2. The van der Waals surface area contributed by atoms with Crippen LogP contribution in [-0.4, -0.2) is 28.8 Å². The second-order valence-electron chi connectivity index (χ2n) is 6.63. The van der Waals surface area contributed by atoms with Gasteiger partial charge in [0.15, 0.2) is 4.80 Å². The number of methoxy groups -OCH3 is 1. The summed E-state index contributed by atoms with van der Waals surface area (Å²) in [4.78, 5) is 30.5. The van der Waals surface area contributed by atoms with Gasteiger partial charge in [-0.2, -0.15) is 4.99 Å². The third kappa shape index (κ3) is 4.72. The van der Waals surface area contributed by atoms with Crippen molar-refractivity contribution in [3.8, 4) is 0 Å². The molecule has 1 amide bonds. The lowest BCUT2D eigenvalue weighted by Gasteiger charge is -2.06. The fourth-order valence-corrected chi connectivity index (χ4v) is 4.76. The SMILES string of the molecule is COC(=O)Cn1c(=NC(=O)c2cccc(SC(C)C)c2)sc2cc(C)ccc21. The van der Waals surface area contributed by atoms with E-state index in [0.29, 0.717) is 15.6 Å². The summed E-state index contributed by atoms with van der Waals surface area (Å²) in [6, 6.07) is 13.4. The Morgan fingerprint density at radius 1 is 1.21 bits per heavy atom. The van der Waals surface area contributed by atoms with Crippen molar-refractivity contribution in [2.75, 3.05) is 7.11 Å². The minimum Gasteiger partial charge on any atom is -0.468 e. The van der Waals surface area contributed by atoms with E-state index in [1.807, 2.05) is 43.3 Å². The van der Waals surface area contributed by atoms with Crippen LogP contribution < -0.4 is 4.80 Å². The number of hydrogen-bond acceptors (Lipinski definition) is 5. The summed E-state index contributed by atoms with van der Waals surface area (Å²) in [6.07, 6.45) is 0. The van der Waals surface area contributed by atoms with Crippen LogP contribution in [0.5, 0.6) is 0 Å². The first-order valence-corrected chi connectivity index (χ1v) is 10.6. The molecule has 0 aliphatic heterocycles. The van der Waals surface area contributed by atoms with E-state index in [0.717, 1.165) is 20.7 Å². The predicted molar refractivity (Wildman–Crippen MR) is 114 cm³/mol. The van der Waals surface area contributed by atoms with Crippen molar-refractivity contribution in [3.63, 3.8) is 0 Å². The molecular weight excluding hydrogens is 392 g/mol. The molecule has 0 unspecified atom stereocenters. The number of aromatic nitrogens is 1. The maximum absolute atomic E-state index is 12.8. The van der Waals surface area contributed by atoms with Crippen molar-refractivity contribution < 1.29 is 14.3 Å². The van der Waals surface area contributed by atoms with Crippen molar-refractivity contribution in [1.82, 2.24) is 4.57 Å². The number of thiazole rings is 1. The molecule has 0 bridgehead atoms. The summed E-state index contributed by atoms with van der Waals surface area (Å²) < 4.78 is 7.51. The molecule has 7 heteroatoms. The zero-order chi connectivity index (χ0) is 20.3. The normalized spacial score (nSPS) is 12.0. The smallest absolute Gasteiger partial charge is 0.325 e. The van der Waals surface area contributed by atoms with Crippen molar-refractivity contribution >= 4 is 45.2 Å². The molecule has 0 fully saturated rings. The summed E-state index contributed by atoms with van der Waals surface area (Å²) in [6.45, 7) is 6.23. The molecule has 3 rings (SSSR count). The van der Waals surface area contributed by atoms with Gasteiger partial charge in [0, 0.05) is 15.7 Å². The lowest BCUT2D eigenvalue weighted by Crippen LogP contribution is -2.22. The van der Waals surface area contributed by atoms with E-state index < -0.39 is 0 Å². The number of fused-ring (bicyclic) bond motifs is 1. The molecule has 0 saturated carbocycles. The maximum atomic E-state index is 12.8. The molecular formula is C21H22N2O3S2. The number of esters is 1. The van der Waals surface area contributed by atoms with Crippen LogP contribution in [0.1, 0.15) is 29.8 Å². The summed E-state index contributed by atoms with van der Waals surface area (Å²) >= 11 is 3.09. The van der Waals surface area contributed by atoms with Crippen molar-refractivity contribution in [2.24, 2.45) is 4.99 Å². The van der Waals surface area contributed by atoms with E-state index in [1.54, 1.807) is 22.4 Å². The average molecular weight is 415 g/mol. The average Bonchev–Trinajstić information content (AvgIpc) is 2.97. The van der Waals surface area contributed by atoms with Crippen LogP contribution in [0.2, 0.25) is 0 Å². The number of amides is 1. The van der Waals surface area contributed by atoms with Gasteiger partial charge < -0.3 is 9.30 Å². The van der Waals surface area contributed by atoms with Crippen LogP contribution in [0.4, 0.5) is 0 Å². The van der Waals surface area contributed by atoms with E-state index in [4.69, 9.17) is 4.74 Å². The van der Waals surface area contributed by atoms with E-state index in [9.17, 15) is 9.59 Å². The monoisotopic (exact) mass is 414 g/mol. The van der Waals surface area contributed by atoms with E-state index >= 15 is 0 Å². The van der Waals surface area contributed by atoms with Gasteiger partial charge in [-0.1, -0.05) is 37.3 Å². The van der Waals surface area contributed by atoms with Gasteiger partial charge in [-0.15, -0.1) is 11.8 Å². The number of thioether (sulfide) groups is 1. The van der Waals surface area contributed by atoms with Gasteiger partial charge in [0.1, 0.15) is 6.54 Å². The van der Waals surface area contributed by atoms with Gasteiger partial charge in [-0.25, -0.2) is 0 Å². The Kier molecular flexibility index (Phi) is 6.36. The standard InChI is InChI=1S/C21H22N2O3S2/c1-13(2)27-16-7-5-6-15(11-16)20(25)22-21-23(12-19(24)26-4)17-9-8-14(3)10-18(17)28-21/h5-11,13H,12H2,1-4H3. The number of benzene rings is 2. The topological polar surface area (TPSA) is 60.7 Å². The Bertz CT molecular complexity index is 1100. The van der Waals surface area contributed by atoms with Crippen LogP contribution in [0.25, 0.3) is 10.2 Å². The third-order valence-corrected chi connectivity index (χ3v) is 6.04. The molecule has 2 aromatic carbocycles. The Labute approximate surface area is 172 Å². The second kappa shape index (κ2) is 8.75. The van der Waals surface area contributed by atoms with Crippen molar-refractivity contribution in [3.05, 3.63) is 58.4 Å². The number of carbonyl (C=O) groups is 2. The molecule has 1 heterocycles. The Morgan fingerprint density at radius 2 is 2.00 bits per heavy atom. The quantitative estimate of drug-likeness (QED) is 0.458. The molecule has 0 spiro atoms. The first-order chi connectivity index (χ1) is 13.4. The molecule has 28 heavy (non-hydrogen) atoms. The summed E-state index contributed by atoms with van der Waals surface area (Å²) in [7, 11) is 1.35. The second-order valence-corrected chi connectivity index (χ2v) is 9.29. The number of hydrogen-bond donors (Lipinski definition) is 0. The van der Waals surface area contributed by atoms with Gasteiger partial charge in [-0.05, 0) is 42.8 Å². The minimum atomic E-state index is -0.385. The molecule has 0 aliphatic rings. The molecule has 0 atom stereocenters. The van der Waals surface area contributed by atoms with Gasteiger partial charge >= 0.3 is 5.97 Å². The fourth-order valence-electron chi connectivity index (χ4n) is 2.74. The summed E-state index contributed by atoms with van der Waals surface area (Å²) in [5.74, 6) is -0.711. The maximum Gasteiger partial charge on any atom is 0.325 e. The first kappa shape index (κ1) is 20.4. The number of carbonyl (C=O) groups excluding carboxylic acids is 2. The van der Waals surface area contributed by atoms with E-state index in [1.165, 1.54) is 18.4 Å². The zero-order valence-electron chi connectivity index (χ0n) is 16.3. The van der Waals surface area contributed by atoms with Gasteiger partial charge in [0.25, 0.3) is 5.91 Å². The highest BCUT2D eigenvalue weighted by Gasteiger charge is 2.13. The Hall–Kier alpha value is -2.38. The molecule has 0 radical (unpaired) electrons. The van der Waals surface area contributed by atoms with Crippen LogP contribution in [-0.2, 0) is 16.1 Å². The first-order valence-electron chi connectivity index (χ1n) is 8.90. The summed E-state index contributed by atoms with van der Waals surface area (Å²) in [5, 5.41) is 0.426. The number of rotatable bonds is 5.